The third kappa shape index (κ3) is 4.05. The van der Waals surface area contributed by atoms with E-state index >= 15 is 0 Å². The van der Waals surface area contributed by atoms with Gasteiger partial charge in [-0.25, -0.2) is 4.39 Å². The van der Waals surface area contributed by atoms with Crippen LogP contribution in [0.1, 0.15) is 27.6 Å². The topological polar surface area (TPSA) is 49.3 Å². The number of rotatable bonds is 4. The van der Waals surface area contributed by atoms with Crippen LogP contribution >= 0.6 is 11.6 Å². The Kier molecular flexibility index (Phi) is 5.12. The highest BCUT2D eigenvalue weighted by atomic mass is 35.5. The maximum atomic E-state index is 13.0. The van der Waals surface area contributed by atoms with Crippen molar-refractivity contribution in [3.8, 4) is 0 Å². The molecule has 0 radical (unpaired) electrons. The zero-order chi connectivity index (χ0) is 17.8. The molecule has 1 atom stereocenters. The number of aliphatic hydroxyl groups is 1. The van der Waals surface area contributed by atoms with E-state index < -0.39 is 17.8 Å². The van der Waals surface area contributed by atoms with Gasteiger partial charge >= 0.3 is 0 Å². The normalized spacial score (nSPS) is 11.8. The van der Waals surface area contributed by atoms with Crippen molar-refractivity contribution in [2.75, 3.05) is 5.32 Å². The number of anilines is 1. The molecule has 0 spiro atoms. The van der Waals surface area contributed by atoms with Crippen molar-refractivity contribution in [2.24, 2.45) is 0 Å². The quantitative estimate of drug-likeness (QED) is 0.705. The summed E-state index contributed by atoms with van der Waals surface area (Å²) in [6.07, 6.45) is -0.941. The predicted molar refractivity (Wildman–Crippen MR) is 96.3 cm³/mol. The van der Waals surface area contributed by atoms with Crippen molar-refractivity contribution in [1.82, 2.24) is 0 Å². The molecule has 0 aliphatic carbocycles. The average Bonchev–Trinajstić information content (AvgIpc) is 2.64. The highest BCUT2D eigenvalue weighted by Gasteiger charge is 2.17. The van der Waals surface area contributed by atoms with E-state index in [1.54, 1.807) is 30.3 Å². The van der Waals surface area contributed by atoms with Crippen LogP contribution in [0.4, 0.5) is 10.1 Å². The van der Waals surface area contributed by atoms with E-state index in [-0.39, 0.29) is 0 Å². The summed E-state index contributed by atoms with van der Waals surface area (Å²) in [6, 6.07) is 19.2. The van der Waals surface area contributed by atoms with E-state index in [2.05, 4.69) is 5.32 Å². The number of hydrogen-bond acceptors (Lipinski definition) is 2. The molecule has 126 valence electrons. The highest BCUT2D eigenvalue weighted by molar-refractivity contribution is 6.30. The van der Waals surface area contributed by atoms with Gasteiger partial charge in [0, 0.05) is 21.8 Å². The second-order valence-electron chi connectivity index (χ2n) is 5.51. The number of nitrogens with one attached hydrogen (secondary N) is 1. The van der Waals surface area contributed by atoms with Gasteiger partial charge in [0.05, 0.1) is 0 Å². The summed E-state index contributed by atoms with van der Waals surface area (Å²) in [6.45, 7) is 0. The van der Waals surface area contributed by atoms with Gasteiger partial charge in [-0.05, 0) is 48.0 Å². The molecule has 0 unspecified atom stereocenters. The number of benzene rings is 3. The lowest BCUT2D eigenvalue weighted by Gasteiger charge is -2.17. The number of hydrogen-bond donors (Lipinski definition) is 2. The zero-order valence-electron chi connectivity index (χ0n) is 13.1. The van der Waals surface area contributed by atoms with Gasteiger partial charge in [-0.3, -0.25) is 4.79 Å². The third-order valence-corrected chi connectivity index (χ3v) is 4.01. The van der Waals surface area contributed by atoms with Gasteiger partial charge in [0.2, 0.25) is 0 Å². The summed E-state index contributed by atoms with van der Waals surface area (Å²) in [5.74, 6) is -0.813. The first kappa shape index (κ1) is 17.1. The molecule has 0 aliphatic heterocycles. The zero-order valence-corrected chi connectivity index (χ0v) is 13.9. The standard InChI is InChI=1S/C20H15ClFNO2/c21-15-8-11-18(23-20(25)14-6-9-16(22)10-7-14)17(12-15)19(24)13-4-2-1-3-5-13/h1-12,19,24H,(H,23,25)/t19-/m0/s1. The second-order valence-corrected chi connectivity index (χ2v) is 5.94. The Bertz CT molecular complexity index is 882. The number of carbonyl (C=O) groups is 1. The smallest absolute Gasteiger partial charge is 0.255 e. The number of carbonyl (C=O) groups excluding carboxylic acids is 1. The SMILES string of the molecule is O=C(Nc1ccc(Cl)cc1[C@@H](O)c1ccccc1)c1ccc(F)cc1. The molecule has 2 N–H and O–H groups in total. The molecule has 3 nitrogen and oxygen atoms in total. The van der Waals surface area contributed by atoms with Crippen LogP contribution in [0, 0.1) is 5.82 Å². The van der Waals surface area contributed by atoms with Gasteiger partial charge in [0.25, 0.3) is 5.91 Å². The Hall–Kier alpha value is -2.69. The number of halogens is 2. The van der Waals surface area contributed by atoms with Crippen molar-refractivity contribution >= 4 is 23.2 Å². The fourth-order valence-corrected chi connectivity index (χ4v) is 2.66. The lowest BCUT2D eigenvalue weighted by Crippen LogP contribution is -2.14. The molecule has 0 fully saturated rings. The van der Waals surface area contributed by atoms with E-state index in [0.717, 1.165) is 0 Å². The molecule has 0 heterocycles. The predicted octanol–water partition coefficient (Wildman–Crippen LogP) is 4.81. The number of aliphatic hydroxyl groups excluding tert-OH is 1. The van der Waals surface area contributed by atoms with Crippen molar-refractivity contribution < 1.29 is 14.3 Å². The summed E-state index contributed by atoms with van der Waals surface area (Å²) in [5, 5.41) is 13.9. The van der Waals surface area contributed by atoms with Crippen LogP contribution in [0.2, 0.25) is 5.02 Å². The van der Waals surface area contributed by atoms with Crippen LogP contribution in [0.25, 0.3) is 0 Å². The summed E-state index contributed by atoms with van der Waals surface area (Å²) in [5.41, 5.74) is 1.92. The lowest BCUT2D eigenvalue weighted by atomic mass is 9.99. The monoisotopic (exact) mass is 355 g/mol. The Morgan fingerprint density at radius 3 is 2.36 bits per heavy atom. The largest absolute Gasteiger partial charge is 0.384 e. The molecule has 0 aromatic heterocycles. The van der Waals surface area contributed by atoms with Gasteiger partial charge in [0.1, 0.15) is 11.9 Å². The Morgan fingerprint density at radius 2 is 1.68 bits per heavy atom. The van der Waals surface area contributed by atoms with E-state index in [9.17, 15) is 14.3 Å². The van der Waals surface area contributed by atoms with Gasteiger partial charge < -0.3 is 10.4 Å². The van der Waals surface area contributed by atoms with Gasteiger partial charge in [0.15, 0.2) is 0 Å². The first-order valence-electron chi connectivity index (χ1n) is 7.64. The second kappa shape index (κ2) is 7.47. The average molecular weight is 356 g/mol. The third-order valence-electron chi connectivity index (χ3n) is 3.78. The van der Waals surface area contributed by atoms with Crippen molar-refractivity contribution in [1.29, 1.82) is 0 Å². The maximum Gasteiger partial charge on any atom is 0.255 e. The maximum absolute atomic E-state index is 13.0. The minimum absolute atomic E-state index is 0.316. The van der Waals surface area contributed by atoms with Crippen molar-refractivity contribution in [3.05, 3.63) is 100 Å². The Morgan fingerprint density at radius 1 is 1.00 bits per heavy atom. The molecule has 0 saturated carbocycles. The molecule has 0 bridgehead atoms. The fourth-order valence-electron chi connectivity index (χ4n) is 2.48. The molecule has 3 rings (SSSR count). The van der Waals surface area contributed by atoms with E-state index in [1.807, 2.05) is 18.2 Å². The van der Waals surface area contributed by atoms with Crippen LogP contribution in [0.15, 0.2) is 72.8 Å². The van der Waals surface area contributed by atoms with Crippen molar-refractivity contribution in [3.63, 3.8) is 0 Å². The van der Waals surface area contributed by atoms with E-state index in [4.69, 9.17) is 11.6 Å². The van der Waals surface area contributed by atoms with Crippen LogP contribution in [-0.4, -0.2) is 11.0 Å². The van der Waals surface area contributed by atoms with Gasteiger partial charge in [-0.1, -0.05) is 41.9 Å². The van der Waals surface area contributed by atoms with Crippen LogP contribution in [0.5, 0.6) is 0 Å². The molecule has 0 saturated heterocycles. The molecule has 0 aliphatic rings. The Balaban J connectivity index is 1.91. The highest BCUT2D eigenvalue weighted by Crippen LogP contribution is 2.31. The van der Waals surface area contributed by atoms with Gasteiger partial charge in [-0.2, -0.15) is 0 Å². The molecule has 1 amide bonds. The van der Waals surface area contributed by atoms with Gasteiger partial charge in [-0.15, -0.1) is 0 Å². The van der Waals surface area contributed by atoms with E-state index in [0.29, 0.717) is 27.4 Å². The molecular weight excluding hydrogens is 341 g/mol. The fraction of sp³-hybridized carbons (Fsp3) is 0.0500. The Labute approximate surface area is 149 Å². The van der Waals surface area contributed by atoms with Crippen LogP contribution in [-0.2, 0) is 0 Å². The molecule has 25 heavy (non-hydrogen) atoms. The summed E-state index contributed by atoms with van der Waals surface area (Å²) < 4.78 is 13.0. The molecule has 3 aromatic rings. The van der Waals surface area contributed by atoms with Crippen LogP contribution in [0.3, 0.4) is 0 Å². The molecular formula is C20H15ClFNO2. The van der Waals surface area contributed by atoms with E-state index in [1.165, 1.54) is 24.3 Å². The summed E-state index contributed by atoms with van der Waals surface area (Å²) in [4.78, 5) is 12.4. The lowest BCUT2D eigenvalue weighted by molar-refractivity contribution is 0.102. The first-order chi connectivity index (χ1) is 12.0. The molecule has 3 aromatic carbocycles. The minimum Gasteiger partial charge on any atom is -0.384 e. The summed E-state index contributed by atoms with van der Waals surface area (Å²) >= 11 is 6.05. The first-order valence-corrected chi connectivity index (χ1v) is 8.02. The molecule has 5 heteroatoms. The van der Waals surface area contributed by atoms with Crippen molar-refractivity contribution in [2.45, 2.75) is 6.10 Å². The summed E-state index contributed by atoms with van der Waals surface area (Å²) in [7, 11) is 0. The number of amides is 1. The minimum atomic E-state index is -0.941. The van der Waals surface area contributed by atoms with Crippen LogP contribution < -0.4 is 5.32 Å².